The molecule has 0 unspecified atom stereocenters. The van der Waals surface area contributed by atoms with Gasteiger partial charge in [-0.1, -0.05) is 0 Å². The van der Waals surface area contributed by atoms with E-state index in [0.717, 1.165) is 17.1 Å². The van der Waals surface area contributed by atoms with E-state index in [-0.39, 0.29) is 11.7 Å². The Balaban J connectivity index is 1.44. The molecule has 3 aromatic heterocycles. The van der Waals surface area contributed by atoms with Gasteiger partial charge in [0, 0.05) is 29.2 Å². The zero-order chi connectivity index (χ0) is 18.8. The van der Waals surface area contributed by atoms with Crippen molar-refractivity contribution in [2.75, 3.05) is 5.32 Å². The summed E-state index contributed by atoms with van der Waals surface area (Å²) in [5.41, 5.74) is 3.73. The van der Waals surface area contributed by atoms with Crippen LogP contribution in [0.3, 0.4) is 0 Å². The smallest absolute Gasteiger partial charge is 0.224 e. The number of aromatic nitrogens is 2. The van der Waals surface area contributed by atoms with Crippen LogP contribution in [0.5, 0.6) is 0 Å². The van der Waals surface area contributed by atoms with Crippen LogP contribution in [0.25, 0.3) is 4.96 Å². The molecule has 0 aliphatic heterocycles. The van der Waals surface area contributed by atoms with Gasteiger partial charge < -0.3 is 5.32 Å². The Morgan fingerprint density at radius 2 is 1.96 bits per heavy atom. The van der Waals surface area contributed by atoms with Gasteiger partial charge in [-0.25, -0.2) is 4.98 Å². The van der Waals surface area contributed by atoms with Gasteiger partial charge in [0.2, 0.25) is 11.7 Å². The van der Waals surface area contributed by atoms with Crippen LogP contribution in [0.2, 0.25) is 0 Å². The average Bonchev–Trinajstić information content (AvgIpc) is 3.37. The van der Waals surface area contributed by atoms with Gasteiger partial charge in [0.15, 0.2) is 4.96 Å². The van der Waals surface area contributed by atoms with Crippen molar-refractivity contribution in [1.29, 1.82) is 0 Å². The normalized spacial score (nSPS) is 11.0. The summed E-state index contributed by atoms with van der Waals surface area (Å²) in [5, 5.41) is 8.85. The number of nitrogens with zero attached hydrogens (tertiary/aromatic N) is 2. The predicted molar refractivity (Wildman–Crippen MR) is 109 cm³/mol. The van der Waals surface area contributed by atoms with Gasteiger partial charge in [-0.05, 0) is 60.0 Å². The number of imidazole rings is 1. The van der Waals surface area contributed by atoms with Crippen LogP contribution in [0.1, 0.15) is 33.7 Å². The van der Waals surface area contributed by atoms with Crippen LogP contribution in [-0.4, -0.2) is 21.1 Å². The number of ketones is 1. The van der Waals surface area contributed by atoms with Crippen molar-refractivity contribution in [1.82, 2.24) is 9.38 Å². The third-order valence-electron chi connectivity index (χ3n) is 4.30. The molecule has 0 radical (unpaired) electrons. The fourth-order valence-electron chi connectivity index (χ4n) is 2.93. The van der Waals surface area contributed by atoms with Crippen LogP contribution in [0.4, 0.5) is 5.69 Å². The summed E-state index contributed by atoms with van der Waals surface area (Å²) in [7, 11) is 0. The summed E-state index contributed by atoms with van der Waals surface area (Å²) in [5.74, 6) is -0.111. The lowest BCUT2D eigenvalue weighted by Crippen LogP contribution is -2.12. The second-order valence-corrected chi connectivity index (χ2v) is 7.84. The maximum atomic E-state index is 12.9. The van der Waals surface area contributed by atoms with Gasteiger partial charge >= 0.3 is 0 Å². The average molecular weight is 396 g/mol. The first kappa shape index (κ1) is 17.6. The molecule has 5 nitrogen and oxygen atoms in total. The first-order valence-electron chi connectivity index (χ1n) is 8.49. The van der Waals surface area contributed by atoms with Crippen molar-refractivity contribution in [3.8, 4) is 0 Å². The van der Waals surface area contributed by atoms with Crippen LogP contribution < -0.4 is 5.32 Å². The van der Waals surface area contributed by atoms with Gasteiger partial charge in [0.25, 0.3) is 0 Å². The first-order chi connectivity index (χ1) is 13.1. The van der Waals surface area contributed by atoms with Gasteiger partial charge in [-0.15, -0.1) is 11.3 Å². The number of carbonyl (C=O) groups is 2. The topological polar surface area (TPSA) is 63.5 Å². The molecule has 0 fully saturated rings. The Labute approximate surface area is 164 Å². The Morgan fingerprint density at radius 1 is 1.15 bits per heavy atom. The van der Waals surface area contributed by atoms with Gasteiger partial charge in [-0.2, -0.15) is 11.3 Å². The lowest BCUT2D eigenvalue weighted by molar-refractivity contribution is -0.116. The minimum Gasteiger partial charge on any atom is -0.326 e. The van der Waals surface area contributed by atoms with Crippen LogP contribution in [0.15, 0.2) is 52.7 Å². The first-order valence-corrected chi connectivity index (χ1v) is 10.3. The van der Waals surface area contributed by atoms with Crippen LogP contribution >= 0.6 is 22.7 Å². The molecule has 7 heteroatoms. The Morgan fingerprint density at radius 3 is 2.70 bits per heavy atom. The minimum atomic E-state index is -0.0752. The fraction of sp³-hybridized carbons (Fsp3) is 0.150. The molecule has 27 heavy (non-hydrogen) atoms. The van der Waals surface area contributed by atoms with Gasteiger partial charge in [-0.3, -0.25) is 14.0 Å². The van der Waals surface area contributed by atoms with Crippen molar-refractivity contribution in [3.05, 3.63) is 75.2 Å². The summed E-state index contributed by atoms with van der Waals surface area (Å²) in [6, 6.07) is 9.03. The van der Waals surface area contributed by atoms with E-state index in [1.165, 1.54) is 16.9 Å². The van der Waals surface area contributed by atoms with E-state index < -0.39 is 0 Å². The Kier molecular flexibility index (Phi) is 4.87. The number of amides is 1. The van der Waals surface area contributed by atoms with Gasteiger partial charge in [0.05, 0.1) is 5.69 Å². The molecule has 0 bridgehead atoms. The third-order valence-corrected chi connectivity index (χ3v) is 5.79. The minimum absolute atomic E-state index is 0.0353. The number of carbonyl (C=O) groups excluding carboxylic acids is 2. The summed E-state index contributed by atoms with van der Waals surface area (Å²) >= 11 is 3.13. The Hall–Kier alpha value is -2.77. The molecule has 0 saturated heterocycles. The molecular weight excluding hydrogens is 378 g/mol. The predicted octanol–water partition coefficient (Wildman–Crippen LogP) is 4.57. The quantitative estimate of drug-likeness (QED) is 0.487. The molecule has 3 heterocycles. The number of aryl methyl sites for hydroxylation is 2. The van der Waals surface area contributed by atoms with E-state index in [9.17, 15) is 9.59 Å². The highest BCUT2D eigenvalue weighted by molar-refractivity contribution is 7.15. The number of benzene rings is 1. The fourth-order valence-corrected chi connectivity index (χ4v) is 4.39. The van der Waals surface area contributed by atoms with E-state index in [1.54, 1.807) is 35.6 Å². The summed E-state index contributed by atoms with van der Waals surface area (Å²) in [6.45, 7) is 1.84. The maximum absolute atomic E-state index is 12.9. The van der Waals surface area contributed by atoms with Crippen molar-refractivity contribution in [3.63, 3.8) is 0 Å². The maximum Gasteiger partial charge on any atom is 0.224 e. The molecule has 0 aliphatic rings. The lowest BCUT2D eigenvalue weighted by atomic mass is 10.1. The lowest BCUT2D eigenvalue weighted by Gasteiger charge is -2.06. The van der Waals surface area contributed by atoms with E-state index in [1.807, 2.05) is 34.3 Å². The second kappa shape index (κ2) is 7.46. The molecule has 4 aromatic rings. The monoisotopic (exact) mass is 395 g/mol. The number of hydrogen-bond donors (Lipinski definition) is 1. The number of hydrogen-bond acceptors (Lipinski definition) is 5. The molecule has 0 spiro atoms. The Bertz CT molecular complexity index is 1090. The molecular formula is C20H17N3O2S2. The zero-order valence-electron chi connectivity index (χ0n) is 14.6. The molecule has 136 valence electrons. The number of fused-ring (bicyclic) bond motifs is 1. The number of nitrogens with one attached hydrogen (secondary N) is 1. The molecule has 1 aromatic carbocycles. The van der Waals surface area contributed by atoms with E-state index in [2.05, 4.69) is 15.7 Å². The highest BCUT2D eigenvalue weighted by Crippen LogP contribution is 2.21. The van der Waals surface area contributed by atoms with Crippen LogP contribution in [0, 0.1) is 6.92 Å². The van der Waals surface area contributed by atoms with Crippen LogP contribution in [-0.2, 0) is 11.2 Å². The highest BCUT2D eigenvalue weighted by atomic mass is 32.1. The molecule has 1 amide bonds. The van der Waals surface area contributed by atoms with Crippen molar-refractivity contribution < 1.29 is 9.59 Å². The molecule has 0 aliphatic carbocycles. The van der Waals surface area contributed by atoms with Crippen molar-refractivity contribution in [2.45, 2.75) is 19.8 Å². The highest BCUT2D eigenvalue weighted by Gasteiger charge is 2.18. The number of anilines is 1. The SMILES string of the molecule is Cc1nc2sccn2c1C(=O)c1ccc(NC(=O)CCc2ccsc2)cc1. The summed E-state index contributed by atoms with van der Waals surface area (Å²) in [6.07, 6.45) is 3.01. The van der Waals surface area contributed by atoms with E-state index in [4.69, 9.17) is 0 Å². The second-order valence-electron chi connectivity index (χ2n) is 6.19. The largest absolute Gasteiger partial charge is 0.326 e. The number of rotatable bonds is 6. The number of thiophene rings is 1. The zero-order valence-corrected chi connectivity index (χ0v) is 16.3. The summed E-state index contributed by atoms with van der Waals surface area (Å²) in [4.78, 5) is 30.2. The van der Waals surface area contributed by atoms with Gasteiger partial charge in [0.1, 0.15) is 5.69 Å². The molecule has 0 saturated carbocycles. The molecule has 1 N–H and O–H groups in total. The molecule has 4 rings (SSSR count). The number of thiazole rings is 1. The van der Waals surface area contributed by atoms with E-state index >= 15 is 0 Å². The van der Waals surface area contributed by atoms with Crippen molar-refractivity contribution >= 4 is 45.0 Å². The van der Waals surface area contributed by atoms with E-state index in [0.29, 0.717) is 23.4 Å². The summed E-state index contributed by atoms with van der Waals surface area (Å²) < 4.78 is 1.82. The van der Waals surface area contributed by atoms with Crippen molar-refractivity contribution in [2.24, 2.45) is 0 Å². The molecule has 0 atom stereocenters. The third kappa shape index (κ3) is 3.70. The standard InChI is InChI=1S/C20H17N3O2S2/c1-13-18(23-9-11-27-20(23)21-13)19(25)15-3-5-16(6-4-15)22-17(24)7-2-14-8-10-26-12-14/h3-6,8-12H,2,7H2,1H3,(H,22,24).